The summed E-state index contributed by atoms with van der Waals surface area (Å²) in [6.07, 6.45) is 2.60. The average molecular weight is 475 g/mol. The third-order valence-corrected chi connectivity index (χ3v) is 4.69. The Morgan fingerprint density at radius 1 is 1.27 bits per heavy atom. The monoisotopic (exact) mass is 475 g/mol. The lowest BCUT2D eigenvalue weighted by Gasteiger charge is -2.40. The molecule has 2 rings (SSSR count). The minimum atomic E-state index is 0. The molecule has 1 fully saturated rings. The van der Waals surface area contributed by atoms with E-state index in [1.54, 1.807) is 14.2 Å². The summed E-state index contributed by atoms with van der Waals surface area (Å²) in [5.41, 5.74) is 1.27. The summed E-state index contributed by atoms with van der Waals surface area (Å²) in [5.74, 6) is 2.20. The predicted octanol–water partition coefficient (Wildman–Crippen LogP) is 3.82. The van der Waals surface area contributed by atoms with Gasteiger partial charge >= 0.3 is 0 Å². The highest BCUT2D eigenvalue weighted by atomic mass is 127. The van der Waals surface area contributed by atoms with Crippen molar-refractivity contribution in [3.05, 3.63) is 29.8 Å². The van der Waals surface area contributed by atoms with Crippen molar-refractivity contribution in [3.63, 3.8) is 0 Å². The summed E-state index contributed by atoms with van der Waals surface area (Å²) >= 11 is 0. The van der Waals surface area contributed by atoms with E-state index in [0.717, 1.165) is 36.8 Å². The van der Waals surface area contributed by atoms with Crippen molar-refractivity contribution in [1.82, 2.24) is 10.6 Å². The lowest BCUT2D eigenvalue weighted by atomic mass is 9.78. The SMILES string of the molecule is CN=C(NCc1ccccc1OC)NCC1CCCOC1C(C)(C)C.I. The molecule has 6 heteroatoms. The van der Waals surface area contributed by atoms with Gasteiger partial charge in [0.25, 0.3) is 0 Å². The van der Waals surface area contributed by atoms with Crippen molar-refractivity contribution in [2.24, 2.45) is 16.3 Å². The van der Waals surface area contributed by atoms with Crippen LogP contribution in [0.4, 0.5) is 0 Å². The van der Waals surface area contributed by atoms with Gasteiger partial charge in [0.05, 0.1) is 13.2 Å². The number of benzene rings is 1. The minimum Gasteiger partial charge on any atom is -0.496 e. The zero-order valence-electron chi connectivity index (χ0n) is 16.7. The Balaban J connectivity index is 0.00000338. The number of para-hydroxylation sites is 1. The highest BCUT2D eigenvalue weighted by Crippen LogP contribution is 2.33. The Bertz CT molecular complexity index is 572. The number of hydrogen-bond acceptors (Lipinski definition) is 3. The van der Waals surface area contributed by atoms with Crippen molar-refractivity contribution in [3.8, 4) is 5.75 Å². The fourth-order valence-electron chi connectivity index (χ4n) is 3.49. The van der Waals surface area contributed by atoms with Gasteiger partial charge in [0.15, 0.2) is 5.96 Å². The van der Waals surface area contributed by atoms with Crippen molar-refractivity contribution in [1.29, 1.82) is 0 Å². The molecule has 0 aliphatic carbocycles. The molecule has 1 aromatic carbocycles. The molecule has 26 heavy (non-hydrogen) atoms. The lowest BCUT2D eigenvalue weighted by Crippen LogP contribution is -2.47. The maximum absolute atomic E-state index is 6.06. The van der Waals surface area contributed by atoms with Gasteiger partial charge in [-0.15, -0.1) is 24.0 Å². The first-order chi connectivity index (χ1) is 12.0. The highest BCUT2D eigenvalue weighted by molar-refractivity contribution is 14.0. The summed E-state index contributed by atoms with van der Waals surface area (Å²) in [5, 5.41) is 6.84. The van der Waals surface area contributed by atoms with Crippen molar-refractivity contribution >= 4 is 29.9 Å². The smallest absolute Gasteiger partial charge is 0.191 e. The van der Waals surface area contributed by atoms with Crippen LogP contribution in [0.1, 0.15) is 39.2 Å². The first-order valence-electron chi connectivity index (χ1n) is 9.13. The maximum Gasteiger partial charge on any atom is 0.191 e. The molecule has 1 aliphatic rings. The molecular formula is C20H34IN3O2. The Labute approximate surface area is 175 Å². The van der Waals surface area contributed by atoms with Gasteiger partial charge in [0, 0.05) is 38.2 Å². The molecule has 1 aliphatic heterocycles. The number of ether oxygens (including phenoxy) is 2. The quantitative estimate of drug-likeness (QED) is 0.386. The topological polar surface area (TPSA) is 54.9 Å². The molecule has 1 aromatic rings. The number of methoxy groups -OCH3 is 1. The van der Waals surface area contributed by atoms with E-state index in [4.69, 9.17) is 9.47 Å². The van der Waals surface area contributed by atoms with Gasteiger partial charge in [-0.1, -0.05) is 39.0 Å². The normalized spacial score (nSPS) is 20.9. The Hall–Kier alpha value is -1.02. The van der Waals surface area contributed by atoms with Crippen molar-refractivity contribution < 1.29 is 9.47 Å². The van der Waals surface area contributed by atoms with Crippen LogP contribution in [0.2, 0.25) is 0 Å². The fraction of sp³-hybridized carbons (Fsp3) is 0.650. The summed E-state index contributed by atoms with van der Waals surface area (Å²) in [7, 11) is 3.50. The van der Waals surface area contributed by atoms with Gasteiger partial charge in [-0.25, -0.2) is 0 Å². The van der Waals surface area contributed by atoms with Crippen LogP contribution in [-0.4, -0.2) is 39.4 Å². The summed E-state index contributed by atoms with van der Waals surface area (Å²) in [6, 6.07) is 8.03. The number of guanidine groups is 1. The van der Waals surface area contributed by atoms with Crippen LogP contribution in [0.5, 0.6) is 5.75 Å². The number of hydrogen-bond donors (Lipinski definition) is 2. The molecule has 0 aromatic heterocycles. The number of rotatable bonds is 5. The Morgan fingerprint density at radius 2 is 2.00 bits per heavy atom. The Kier molecular flexibility index (Phi) is 9.71. The predicted molar refractivity (Wildman–Crippen MR) is 119 cm³/mol. The number of aliphatic imine (C=N–C) groups is 1. The van der Waals surface area contributed by atoms with E-state index in [0.29, 0.717) is 12.5 Å². The van der Waals surface area contributed by atoms with Crippen LogP contribution in [-0.2, 0) is 11.3 Å². The fourth-order valence-corrected chi connectivity index (χ4v) is 3.49. The van der Waals surface area contributed by atoms with E-state index < -0.39 is 0 Å². The molecule has 0 spiro atoms. The van der Waals surface area contributed by atoms with Crippen molar-refractivity contribution in [2.45, 2.75) is 46.3 Å². The number of nitrogens with one attached hydrogen (secondary N) is 2. The first kappa shape index (κ1) is 23.0. The molecular weight excluding hydrogens is 441 g/mol. The zero-order valence-corrected chi connectivity index (χ0v) is 19.0. The van der Waals surface area contributed by atoms with Crippen LogP contribution >= 0.6 is 24.0 Å². The highest BCUT2D eigenvalue weighted by Gasteiger charge is 2.35. The van der Waals surface area contributed by atoms with E-state index >= 15 is 0 Å². The molecule has 2 unspecified atom stereocenters. The summed E-state index contributed by atoms with van der Waals surface area (Å²) in [6.45, 7) is 9.18. The van der Waals surface area contributed by atoms with Gasteiger partial charge in [-0.2, -0.15) is 0 Å². The van der Waals surface area contributed by atoms with Gasteiger partial charge in [0.2, 0.25) is 0 Å². The second-order valence-corrected chi connectivity index (χ2v) is 7.68. The van der Waals surface area contributed by atoms with E-state index in [9.17, 15) is 0 Å². The first-order valence-corrected chi connectivity index (χ1v) is 9.13. The lowest BCUT2D eigenvalue weighted by molar-refractivity contribution is -0.0835. The van der Waals surface area contributed by atoms with Gasteiger partial charge < -0.3 is 20.1 Å². The molecule has 0 saturated carbocycles. The van der Waals surface area contributed by atoms with Gasteiger partial charge in [0.1, 0.15) is 5.75 Å². The van der Waals surface area contributed by atoms with Gasteiger partial charge in [-0.3, -0.25) is 4.99 Å². The van der Waals surface area contributed by atoms with Crippen LogP contribution in [0.15, 0.2) is 29.3 Å². The largest absolute Gasteiger partial charge is 0.496 e. The molecule has 1 saturated heterocycles. The van der Waals surface area contributed by atoms with E-state index in [1.165, 1.54) is 6.42 Å². The van der Waals surface area contributed by atoms with Crippen LogP contribution < -0.4 is 15.4 Å². The maximum atomic E-state index is 6.06. The molecule has 1 heterocycles. The molecule has 2 N–H and O–H groups in total. The second-order valence-electron chi connectivity index (χ2n) is 7.68. The molecule has 0 amide bonds. The van der Waals surface area contributed by atoms with E-state index in [2.05, 4.69) is 42.5 Å². The molecule has 0 bridgehead atoms. The molecule has 0 radical (unpaired) electrons. The summed E-state index contributed by atoms with van der Waals surface area (Å²) in [4.78, 5) is 4.34. The summed E-state index contributed by atoms with van der Waals surface area (Å²) < 4.78 is 11.5. The van der Waals surface area contributed by atoms with Crippen LogP contribution in [0.3, 0.4) is 0 Å². The number of nitrogens with zero attached hydrogens (tertiary/aromatic N) is 1. The third-order valence-electron chi connectivity index (χ3n) is 4.69. The van der Waals surface area contributed by atoms with Crippen LogP contribution in [0.25, 0.3) is 0 Å². The molecule has 5 nitrogen and oxygen atoms in total. The average Bonchev–Trinajstić information content (AvgIpc) is 2.61. The van der Waals surface area contributed by atoms with E-state index in [-0.39, 0.29) is 35.5 Å². The molecule has 148 valence electrons. The molecule has 2 atom stereocenters. The standard InChI is InChI=1S/C20H33N3O2.HI/c1-20(2,3)18-16(10-8-12-25-18)14-23-19(21-4)22-13-15-9-6-7-11-17(15)24-5;/h6-7,9,11,16,18H,8,10,12-14H2,1-5H3,(H2,21,22,23);1H. The second kappa shape index (κ2) is 11.0. The zero-order chi connectivity index (χ0) is 18.3. The van der Waals surface area contributed by atoms with Crippen molar-refractivity contribution in [2.75, 3.05) is 27.3 Å². The number of halogens is 1. The van der Waals surface area contributed by atoms with Crippen LogP contribution in [0, 0.1) is 11.3 Å². The van der Waals surface area contributed by atoms with Gasteiger partial charge in [-0.05, 0) is 24.3 Å². The minimum absolute atomic E-state index is 0. The third kappa shape index (κ3) is 6.61. The van der Waals surface area contributed by atoms with E-state index in [1.807, 2.05) is 18.2 Å². The Morgan fingerprint density at radius 3 is 2.65 bits per heavy atom.